The predicted octanol–water partition coefficient (Wildman–Crippen LogP) is 5.72. The highest BCUT2D eigenvalue weighted by Gasteiger charge is 2.08. The van der Waals surface area contributed by atoms with Gasteiger partial charge >= 0.3 is 0 Å². The quantitative estimate of drug-likeness (QED) is 0.291. The molecule has 0 atom stereocenters. The van der Waals surface area contributed by atoms with Gasteiger partial charge in [0.15, 0.2) is 11.5 Å². The number of rotatable bonds is 8. The summed E-state index contributed by atoms with van der Waals surface area (Å²) >= 11 is 5.98. The Hall–Kier alpha value is -3.18. The van der Waals surface area contributed by atoms with Crippen molar-refractivity contribution in [2.75, 3.05) is 11.9 Å². The van der Waals surface area contributed by atoms with Crippen LogP contribution in [0.4, 0.5) is 5.82 Å². The van der Waals surface area contributed by atoms with E-state index in [1.807, 2.05) is 12.1 Å². The molecule has 2 aromatic heterocycles. The molecule has 0 aliphatic rings. The first kappa shape index (κ1) is 19.2. The third kappa shape index (κ3) is 4.81. The Kier molecular flexibility index (Phi) is 6.17. The van der Waals surface area contributed by atoms with Gasteiger partial charge < -0.3 is 10.3 Å². The third-order valence-electron chi connectivity index (χ3n) is 4.69. The van der Waals surface area contributed by atoms with E-state index in [-0.39, 0.29) is 5.28 Å². The van der Waals surface area contributed by atoms with Crippen LogP contribution in [0.3, 0.4) is 0 Å². The molecule has 2 aromatic carbocycles. The average molecular weight is 404 g/mol. The lowest BCUT2D eigenvalue weighted by molar-refractivity contribution is 0.777. The van der Waals surface area contributed by atoms with Gasteiger partial charge in [-0.1, -0.05) is 66.7 Å². The molecule has 4 aromatic rings. The molecule has 5 nitrogen and oxygen atoms in total. The zero-order valence-corrected chi connectivity index (χ0v) is 16.7. The number of hydrogen-bond acceptors (Lipinski definition) is 4. The van der Waals surface area contributed by atoms with Gasteiger partial charge in [-0.25, -0.2) is 4.98 Å². The van der Waals surface area contributed by atoms with Crippen molar-refractivity contribution in [2.24, 2.45) is 0 Å². The van der Waals surface area contributed by atoms with Gasteiger partial charge in [0.25, 0.3) is 0 Å². The van der Waals surface area contributed by atoms with Crippen LogP contribution in [0.2, 0.25) is 5.28 Å². The first-order valence-electron chi connectivity index (χ1n) is 9.73. The fourth-order valence-corrected chi connectivity index (χ4v) is 3.46. The van der Waals surface area contributed by atoms with Crippen LogP contribution in [-0.4, -0.2) is 26.5 Å². The molecule has 2 N–H and O–H groups in total. The second-order valence-electron chi connectivity index (χ2n) is 6.71. The minimum Gasteiger partial charge on any atom is -0.368 e. The van der Waals surface area contributed by atoms with E-state index in [2.05, 4.69) is 79.9 Å². The summed E-state index contributed by atoms with van der Waals surface area (Å²) in [4.78, 5) is 15.6. The van der Waals surface area contributed by atoms with Crippen molar-refractivity contribution >= 4 is 34.2 Å². The molecule has 0 aliphatic carbocycles. The van der Waals surface area contributed by atoms with E-state index in [1.165, 1.54) is 16.7 Å². The van der Waals surface area contributed by atoms with Crippen LogP contribution in [0.5, 0.6) is 0 Å². The molecule has 0 spiro atoms. The predicted molar refractivity (Wildman–Crippen MR) is 119 cm³/mol. The summed E-state index contributed by atoms with van der Waals surface area (Å²) in [6, 6.07) is 21.1. The number of anilines is 1. The second kappa shape index (κ2) is 9.34. The number of aromatic nitrogens is 4. The van der Waals surface area contributed by atoms with Crippen LogP contribution in [0.25, 0.3) is 16.7 Å². The number of unbranched alkanes of at least 4 members (excludes halogenated alkanes) is 2. The number of nitrogens with zero attached hydrogens (tertiary/aromatic N) is 3. The molecule has 2 heterocycles. The van der Waals surface area contributed by atoms with Crippen molar-refractivity contribution in [1.82, 2.24) is 19.9 Å². The molecule has 0 aliphatic heterocycles. The maximum absolute atomic E-state index is 5.98. The molecule has 0 amide bonds. The van der Waals surface area contributed by atoms with Crippen LogP contribution >= 0.6 is 11.6 Å². The number of H-pyrrole nitrogens is 1. The lowest BCUT2D eigenvalue weighted by atomic mass is 9.96. The van der Waals surface area contributed by atoms with Crippen LogP contribution < -0.4 is 5.32 Å². The summed E-state index contributed by atoms with van der Waals surface area (Å²) in [6.07, 6.45) is 7.02. The Morgan fingerprint density at radius 3 is 2.31 bits per heavy atom. The molecular formula is C23H22ClN5. The largest absolute Gasteiger partial charge is 0.368 e. The normalized spacial score (nSPS) is 10.8. The number of hydrogen-bond donors (Lipinski definition) is 2. The fourth-order valence-electron chi connectivity index (χ4n) is 3.29. The summed E-state index contributed by atoms with van der Waals surface area (Å²) < 4.78 is 0. The highest BCUT2D eigenvalue weighted by molar-refractivity contribution is 6.28. The van der Waals surface area contributed by atoms with Gasteiger partial charge in [0.2, 0.25) is 5.28 Å². The Bertz CT molecular complexity index is 1050. The smallest absolute Gasteiger partial charge is 0.226 e. The van der Waals surface area contributed by atoms with E-state index in [4.69, 9.17) is 11.6 Å². The van der Waals surface area contributed by atoms with E-state index in [0.29, 0.717) is 17.0 Å². The third-order valence-corrected chi connectivity index (χ3v) is 4.86. The number of halogens is 1. The van der Waals surface area contributed by atoms with Gasteiger partial charge in [-0.2, -0.15) is 9.97 Å². The van der Waals surface area contributed by atoms with E-state index >= 15 is 0 Å². The van der Waals surface area contributed by atoms with E-state index in [0.717, 1.165) is 25.8 Å². The van der Waals surface area contributed by atoms with Gasteiger partial charge in [0.05, 0.1) is 6.33 Å². The van der Waals surface area contributed by atoms with Crippen LogP contribution in [0, 0.1) is 0 Å². The van der Waals surface area contributed by atoms with Crippen LogP contribution in [-0.2, 0) is 0 Å². The molecule has 0 unspecified atom stereocenters. The first-order valence-corrected chi connectivity index (χ1v) is 10.1. The molecule has 0 saturated carbocycles. The zero-order chi connectivity index (χ0) is 19.9. The van der Waals surface area contributed by atoms with Crippen molar-refractivity contribution in [3.05, 3.63) is 89.5 Å². The highest BCUT2D eigenvalue weighted by Crippen LogP contribution is 2.24. The van der Waals surface area contributed by atoms with Crippen LogP contribution in [0.15, 0.2) is 73.1 Å². The molecule has 0 fully saturated rings. The zero-order valence-electron chi connectivity index (χ0n) is 16.0. The molecule has 6 heteroatoms. The first-order chi connectivity index (χ1) is 14.3. The lowest BCUT2D eigenvalue weighted by Gasteiger charge is -2.09. The molecule has 0 radical (unpaired) electrons. The topological polar surface area (TPSA) is 66.5 Å². The van der Waals surface area contributed by atoms with Crippen molar-refractivity contribution in [1.29, 1.82) is 0 Å². The molecule has 4 rings (SSSR count). The summed E-state index contributed by atoms with van der Waals surface area (Å²) in [6.45, 7) is 0.801. The Morgan fingerprint density at radius 2 is 1.62 bits per heavy atom. The molecule has 0 bridgehead atoms. The van der Waals surface area contributed by atoms with Crippen molar-refractivity contribution in [2.45, 2.75) is 19.3 Å². The SMILES string of the molecule is Clc1nc(NCCCCC=C(c2ccccc2)c2ccccc2)c2nc[nH]c2n1. The Labute approximate surface area is 174 Å². The second-order valence-corrected chi connectivity index (χ2v) is 7.05. The van der Waals surface area contributed by atoms with Gasteiger partial charge in [-0.3, -0.25) is 0 Å². The van der Waals surface area contributed by atoms with E-state index < -0.39 is 0 Å². The summed E-state index contributed by atoms with van der Waals surface area (Å²) in [5, 5.41) is 3.54. The number of benzene rings is 2. The number of allylic oxidation sites excluding steroid dienone is 1. The van der Waals surface area contributed by atoms with Crippen molar-refractivity contribution in [3.63, 3.8) is 0 Å². The van der Waals surface area contributed by atoms with E-state index in [1.54, 1.807) is 6.33 Å². The standard InChI is InChI=1S/C23H22ClN5/c24-23-28-21(20-22(29-23)27-16-26-20)25-15-9-3-8-14-19(17-10-4-1-5-11-17)18-12-6-2-7-13-18/h1-2,4-7,10-14,16H,3,8-9,15H2,(H2,25,26,27,28,29). The molecular weight excluding hydrogens is 382 g/mol. The lowest BCUT2D eigenvalue weighted by Crippen LogP contribution is -2.05. The molecule has 0 saturated heterocycles. The minimum absolute atomic E-state index is 0.211. The molecule has 29 heavy (non-hydrogen) atoms. The number of imidazole rings is 1. The number of nitrogens with one attached hydrogen (secondary N) is 2. The Morgan fingerprint density at radius 1 is 0.931 bits per heavy atom. The monoisotopic (exact) mass is 403 g/mol. The minimum atomic E-state index is 0.211. The number of aromatic amines is 1. The fraction of sp³-hybridized carbons (Fsp3) is 0.174. The van der Waals surface area contributed by atoms with Gasteiger partial charge in [0, 0.05) is 6.54 Å². The van der Waals surface area contributed by atoms with Crippen molar-refractivity contribution < 1.29 is 0 Å². The maximum atomic E-state index is 5.98. The molecule has 146 valence electrons. The number of fused-ring (bicyclic) bond motifs is 1. The van der Waals surface area contributed by atoms with Gasteiger partial charge in [-0.15, -0.1) is 0 Å². The van der Waals surface area contributed by atoms with Crippen molar-refractivity contribution in [3.8, 4) is 0 Å². The summed E-state index contributed by atoms with van der Waals surface area (Å²) in [7, 11) is 0. The van der Waals surface area contributed by atoms with Crippen LogP contribution in [0.1, 0.15) is 30.4 Å². The van der Waals surface area contributed by atoms with E-state index in [9.17, 15) is 0 Å². The average Bonchev–Trinajstić information content (AvgIpc) is 3.23. The van der Waals surface area contributed by atoms with Gasteiger partial charge in [0.1, 0.15) is 5.52 Å². The Balaban J connectivity index is 1.36. The maximum Gasteiger partial charge on any atom is 0.226 e. The van der Waals surface area contributed by atoms with Gasteiger partial charge in [-0.05, 0) is 47.6 Å². The summed E-state index contributed by atoms with van der Waals surface area (Å²) in [5.41, 5.74) is 5.12. The summed E-state index contributed by atoms with van der Waals surface area (Å²) in [5.74, 6) is 0.672. The highest BCUT2D eigenvalue weighted by atomic mass is 35.5.